The van der Waals surface area contributed by atoms with Crippen LogP contribution in [0.3, 0.4) is 0 Å². The summed E-state index contributed by atoms with van der Waals surface area (Å²) >= 11 is 1.21. The summed E-state index contributed by atoms with van der Waals surface area (Å²) in [4.78, 5) is 44.7. The minimum atomic E-state index is -0.685. The van der Waals surface area contributed by atoms with Gasteiger partial charge in [-0.3, -0.25) is 19.7 Å². The van der Waals surface area contributed by atoms with E-state index in [4.69, 9.17) is 4.74 Å². The maximum atomic E-state index is 11.7. The molecular formula is C14H14N4O4S. The Labute approximate surface area is 136 Å². The van der Waals surface area contributed by atoms with Crippen molar-refractivity contribution in [1.82, 2.24) is 15.3 Å². The first-order valence-electron chi connectivity index (χ1n) is 6.57. The van der Waals surface area contributed by atoms with E-state index in [0.717, 1.165) is 0 Å². The SMILES string of the molecule is CN(CC(=O)OCC(=O)NC(=O)c1cccs1)c1ncccn1. The summed E-state index contributed by atoms with van der Waals surface area (Å²) in [7, 11) is 1.62. The van der Waals surface area contributed by atoms with E-state index in [1.165, 1.54) is 16.2 Å². The lowest BCUT2D eigenvalue weighted by Gasteiger charge is -2.15. The molecule has 0 aromatic carbocycles. The zero-order valence-corrected chi connectivity index (χ0v) is 13.1. The predicted octanol–water partition coefficient (Wildman–Crippen LogP) is 0.474. The minimum absolute atomic E-state index is 0.115. The molecule has 0 aliphatic carbocycles. The highest BCUT2D eigenvalue weighted by Gasteiger charge is 2.15. The van der Waals surface area contributed by atoms with Crippen molar-refractivity contribution in [3.05, 3.63) is 40.8 Å². The van der Waals surface area contributed by atoms with E-state index < -0.39 is 24.4 Å². The number of aromatic nitrogens is 2. The molecule has 2 aromatic rings. The standard InChI is InChI=1S/C14H14N4O4S/c1-18(14-15-5-3-6-16-14)8-12(20)22-9-11(19)17-13(21)10-4-2-7-23-10/h2-7H,8-9H2,1H3,(H,17,19,21). The summed E-state index contributed by atoms with van der Waals surface area (Å²) < 4.78 is 4.82. The molecule has 0 saturated heterocycles. The van der Waals surface area contributed by atoms with Crippen LogP contribution in [0.1, 0.15) is 9.67 Å². The van der Waals surface area contributed by atoms with E-state index in [1.807, 2.05) is 0 Å². The van der Waals surface area contributed by atoms with Gasteiger partial charge in [-0.25, -0.2) is 9.97 Å². The molecule has 1 N–H and O–H groups in total. The van der Waals surface area contributed by atoms with Gasteiger partial charge >= 0.3 is 5.97 Å². The number of anilines is 1. The van der Waals surface area contributed by atoms with Crippen LogP contribution in [0, 0.1) is 0 Å². The van der Waals surface area contributed by atoms with Gasteiger partial charge in [0.2, 0.25) is 5.95 Å². The van der Waals surface area contributed by atoms with Crippen molar-refractivity contribution in [3.8, 4) is 0 Å². The zero-order valence-electron chi connectivity index (χ0n) is 12.3. The van der Waals surface area contributed by atoms with E-state index >= 15 is 0 Å². The number of rotatable bonds is 6. The molecule has 8 nitrogen and oxygen atoms in total. The number of nitrogens with one attached hydrogen (secondary N) is 1. The molecule has 0 radical (unpaired) electrons. The van der Waals surface area contributed by atoms with Gasteiger partial charge in [0, 0.05) is 19.4 Å². The first-order valence-corrected chi connectivity index (χ1v) is 7.45. The fourth-order valence-corrected chi connectivity index (χ4v) is 2.20. The highest BCUT2D eigenvalue weighted by atomic mass is 32.1. The smallest absolute Gasteiger partial charge is 0.326 e. The first kappa shape index (κ1) is 16.6. The summed E-state index contributed by atoms with van der Waals surface area (Å²) in [6, 6.07) is 4.95. The molecule has 0 spiro atoms. The highest BCUT2D eigenvalue weighted by molar-refractivity contribution is 7.12. The van der Waals surface area contributed by atoms with Crippen molar-refractivity contribution >= 4 is 35.1 Å². The number of likely N-dealkylation sites (N-methyl/N-ethyl adjacent to an activating group) is 1. The van der Waals surface area contributed by atoms with Gasteiger partial charge in [0.1, 0.15) is 6.54 Å². The predicted molar refractivity (Wildman–Crippen MR) is 83.1 cm³/mol. The maximum Gasteiger partial charge on any atom is 0.326 e. The van der Waals surface area contributed by atoms with Crippen LogP contribution in [-0.4, -0.2) is 48.0 Å². The first-order chi connectivity index (χ1) is 11.1. The van der Waals surface area contributed by atoms with Crippen LogP contribution in [0.4, 0.5) is 5.95 Å². The molecule has 0 unspecified atom stereocenters. The lowest BCUT2D eigenvalue weighted by atomic mass is 10.4. The number of ether oxygens (including phenoxy) is 1. The van der Waals surface area contributed by atoms with Crippen molar-refractivity contribution < 1.29 is 19.1 Å². The number of hydrogen-bond donors (Lipinski definition) is 1. The molecule has 2 rings (SSSR count). The Bertz CT molecular complexity index is 675. The summed E-state index contributed by atoms with van der Waals surface area (Å²) in [6.45, 7) is -0.643. The average molecular weight is 334 g/mol. The van der Waals surface area contributed by atoms with Crippen LogP contribution in [0.15, 0.2) is 36.0 Å². The number of imide groups is 1. The Balaban J connectivity index is 1.73. The molecule has 0 atom stereocenters. The molecule has 2 aromatic heterocycles. The van der Waals surface area contributed by atoms with E-state index in [9.17, 15) is 14.4 Å². The summed E-state index contributed by atoms with van der Waals surface area (Å²) in [5.74, 6) is -1.47. The van der Waals surface area contributed by atoms with Gasteiger partial charge in [-0.1, -0.05) is 6.07 Å². The van der Waals surface area contributed by atoms with E-state index in [1.54, 1.807) is 43.0 Å². The average Bonchev–Trinajstić information content (AvgIpc) is 3.08. The summed E-state index contributed by atoms with van der Waals surface area (Å²) in [5, 5.41) is 3.86. The molecule has 0 aliphatic heterocycles. The van der Waals surface area contributed by atoms with Gasteiger partial charge in [0.15, 0.2) is 6.61 Å². The Hall–Kier alpha value is -2.81. The third-order valence-corrected chi connectivity index (χ3v) is 3.49. The van der Waals surface area contributed by atoms with Gasteiger partial charge in [0.25, 0.3) is 11.8 Å². The Morgan fingerprint density at radius 2 is 2.00 bits per heavy atom. The number of esters is 1. The lowest BCUT2D eigenvalue weighted by molar-refractivity contribution is -0.146. The Morgan fingerprint density at radius 3 is 2.65 bits per heavy atom. The molecule has 2 heterocycles. The molecule has 2 amide bonds. The second kappa shape index (κ2) is 7.99. The minimum Gasteiger partial charge on any atom is -0.454 e. The maximum absolute atomic E-state index is 11.7. The van der Waals surface area contributed by atoms with Gasteiger partial charge in [-0.15, -0.1) is 11.3 Å². The Kier molecular flexibility index (Phi) is 5.75. The topological polar surface area (TPSA) is 101 Å². The second-order valence-corrected chi connectivity index (χ2v) is 5.37. The monoisotopic (exact) mass is 334 g/mol. The van der Waals surface area contributed by atoms with Gasteiger partial charge < -0.3 is 9.64 Å². The van der Waals surface area contributed by atoms with Crippen LogP contribution in [0.5, 0.6) is 0 Å². The van der Waals surface area contributed by atoms with E-state index in [-0.39, 0.29) is 6.54 Å². The molecule has 9 heteroatoms. The summed E-state index contributed by atoms with van der Waals surface area (Å²) in [5.41, 5.74) is 0. The van der Waals surface area contributed by atoms with Gasteiger partial charge in [-0.2, -0.15) is 0 Å². The van der Waals surface area contributed by atoms with E-state index in [2.05, 4.69) is 15.3 Å². The fraction of sp³-hybridized carbons (Fsp3) is 0.214. The number of amides is 2. The van der Waals surface area contributed by atoms with Crippen molar-refractivity contribution in [2.24, 2.45) is 0 Å². The number of carbonyl (C=O) groups excluding carboxylic acids is 3. The van der Waals surface area contributed by atoms with Crippen LogP contribution in [-0.2, 0) is 14.3 Å². The molecule has 120 valence electrons. The van der Waals surface area contributed by atoms with Crippen molar-refractivity contribution in [2.75, 3.05) is 25.1 Å². The zero-order chi connectivity index (χ0) is 16.7. The van der Waals surface area contributed by atoms with Crippen molar-refractivity contribution in [3.63, 3.8) is 0 Å². The van der Waals surface area contributed by atoms with Crippen LogP contribution < -0.4 is 10.2 Å². The van der Waals surface area contributed by atoms with E-state index in [0.29, 0.717) is 10.8 Å². The quantitative estimate of drug-likeness (QED) is 0.766. The van der Waals surface area contributed by atoms with Crippen LogP contribution in [0.25, 0.3) is 0 Å². The summed E-state index contributed by atoms with van der Waals surface area (Å²) in [6.07, 6.45) is 3.10. The van der Waals surface area contributed by atoms with Crippen LogP contribution in [0.2, 0.25) is 0 Å². The largest absolute Gasteiger partial charge is 0.454 e. The normalized spacial score (nSPS) is 9.96. The number of carbonyl (C=O) groups is 3. The Morgan fingerprint density at radius 1 is 1.26 bits per heavy atom. The number of hydrogen-bond acceptors (Lipinski definition) is 8. The third kappa shape index (κ3) is 5.15. The van der Waals surface area contributed by atoms with Crippen molar-refractivity contribution in [1.29, 1.82) is 0 Å². The molecule has 0 aliphatic rings. The molecule has 0 saturated carbocycles. The van der Waals surface area contributed by atoms with Gasteiger partial charge in [0.05, 0.1) is 4.88 Å². The van der Waals surface area contributed by atoms with Gasteiger partial charge in [-0.05, 0) is 17.5 Å². The molecule has 0 bridgehead atoms. The molecular weight excluding hydrogens is 320 g/mol. The number of thiophene rings is 1. The molecule has 23 heavy (non-hydrogen) atoms. The highest BCUT2D eigenvalue weighted by Crippen LogP contribution is 2.07. The van der Waals surface area contributed by atoms with Crippen molar-refractivity contribution in [2.45, 2.75) is 0 Å². The number of nitrogens with zero attached hydrogens (tertiary/aromatic N) is 3. The van der Waals surface area contributed by atoms with Crippen LogP contribution >= 0.6 is 11.3 Å². The lowest BCUT2D eigenvalue weighted by Crippen LogP contribution is -2.35. The molecule has 0 fully saturated rings. The third-order valence-electron chi connectivity index (χ3n) is 2.62. The fourth-order valence-electron chi connectivity index (χ4n) is 1.58. The second-order valence-electron chi connectivity index (χ2n) is 4.42.